The molecule has 2 amide bonds. The molecule has 174 valence electrons. The number of carboxylic acid groups (broad SMARTS) is 2. The molecule has 2 aliphatic rings. The van der Waals surface area contributed by atoms with E-state index in [0.717, 1.165) is 0 Å². The van der Waals surface area contributed by atoms with Gasteiger partial charge in [-0.3, -0.25) is 24.1 Å². The van der Waals surface area contributed by atoms with Gasteiger partial charge in [-0.1, -0.05) is 12.2 Å². The third-order valence-electron chi connectivity index (χ3n) is 6.55. The Labute approximate surface area is 189 Å². The molecule has 1 saturated heterocycles. The molecule has 1 aliphatic heterocycles. The van der Waals surface area contributed by atoms with Gasteiger partial charge in [-0.2, -0.15) is 0 Å². The Morgan fingerprint density at radius 3 is 2.52 bits per heavy atom. The summed E-state index contributed by atoms with van der Waals surface area (Å²) in [6.07, 6.45) is 6.98. The maximum Gasteiger partial charge on any atom is 0.325 e. The number of likely N-dealkylation sites (tertiary alicyclic amines) is 1. The number of rotatable bonds is 7. The number of primary amides is 1. The van der Waals surface area contributed by atoms with Crippen LogP contribution in [0.25, 0.3) is 10.9 Å². The minimum Gasteiger partial charge on any atom is -0.481 e. The number of aliphatic carboxylic acids is 2. The second-order valence-electron chi connectivity index (χ2n) is 8.53. The van der Waals surface area contributed by atoms with Gasteiger partial charge in [0.2, 0.25) is 11.8 Å². The quantitative estimate of drug-likeness (QED) is 0.398. The number of benzene rings is 1. The van der Waals surface area contributed by atoms with Gasteiger partial charge in [-0.15, -0.1) is 0 Å². The minimum atomic E-state index is -1.10. The van der Waals surface area contributed by atoms with Crippen molar-refractivity contribution in [2.24, 2.45) is 17.6 Å². The van der Waals surface area contributed by atoms with Crippen LogP contribution in [0, 0.1) is 11.8 Å². The van der Waals surface area contributed by atoms with Crippen LogP contribution in [0.15, 0.2) is 36.5 Å². The number of hydrogen-bond donors (Lipinski definition) is 5. The van der Waals surface area contributed by atoms with E-state index in [-0.39, 0.29) is 0 Å². The Kier molecular flexibility index (Phi) is 6.19. The Balaban J connectivity index is 1.64. The first kappa shape index (κ1) is 22.5. The van der Waals surface area contributed by atoms with Crippen molar-refractivity contribution in [3.63, 3.8) is 0 Å². The van der Waals surface area contributed by atoms with Gasteiger partial charge in [0, 0.05) is 34.9 Å². The number of carbonyl (C=O) groups excluding carboxylic acids is 2. The Morgan fingerprint density at radius 2 is 1.85 bits per heavy atom. The summed E-state index contributed by atoms with van der Waals surface area (Å²) in [5.41, 5.74) is 7.07. The predicted molar refractivity (Wildman–Crippen MR) is 119 cm³/mol. The Bertz CT molecular complexity index is 1140. The van der Waals surface area contributed by atoms with Crippen LogP contribution in [-0.2, 0) is 19.2 Å². The number of nitrogens with two attached hydrogens (primary N) is 1. The fraction of sp³-hybridized carbons (Fsp3) is 0.391. The van der Waals surface area contributed by atoms with E-state index < -0.39 is 47.7 Å². The molecule has 4 atom stereocenters. The highest BCUT2D eigenvalue weighted by Gasteiger charge is 2.40. The molecule has 33 heavy (non-hydrogen) atoms. The fourth-order valence-electron chi connectivity index (χ4n) is 4.92. The highest BCUT2D eigenvalue weighted by atomic mass is 16.4. The number of allylic oxidation sites excluding steroid dienone is 2. The van der Waals surface area contributed by atoms with Crippen molar-refractivity contribution in [2.45, 2.75) is 37.8 Å². The van der Waals surface area contributed by atoms with E-state index in [2.05, 4.69) is 10.3 Å². The average molecular weight is 454 g/mol. The molecule has 10 nitrogen and oxygen atoms in total. The van der Waals surface area contributed by atoms with Gasteiger partial charge in [0.1, 0.15) is 6.04 Å². The molecule has 2 heterocycles. The first-order valence-electron chi connectivity index (χ1n) is 10.9. The molecule has 1 aromatic heterocycles. The van der Waals surface area contributed by atoms with Gasteiger partial charge in [0.15, 0.2) is 0 Å². The van der Waals surface area contributed by atoms with Crippen molar-refractivity contribution >= 4 is 40.3 Å². The number of anilines is 1. The maximum absolute atomic E-state index is 12.8. The van der Waals surface area contributed by atoms with E-state index in [1.54, 1.807) is 41.4 Å². The fourth-order valence-corrected chi connectivity index (χ4v) is 4.92. The number of carbonyl (C=O) groups is 4. The summed E-state index contributed by atoms with van der Waals surface area (Å²) in [5.74, 6) is -4.55. The van der Waals surface area contributed by atoms with Crippen LogP contribution in [0.4, 0.5) is 5.69 Å². The molecule has 1 fully saturated rings. The molecule has 2 aromatic rings. The van der Waals surface area contributed by atoms with Crippen molar-refractivity contribution < 1.29 is 29.4 Å². The molecule has 4 rings (SSSR count). The molecule has 0 unspecified atom stereocenters. The summed E-state index contributed by atoms with van der Waals surface area (Å²) in [7, 11) is 0. The number of nitrogens with one attached hydrogen (secondary N) is 2. The lowest BCUT2D eigenvalue weighted by atomic mass is 9.82. The van der Waals surface area contributed by atoms with Crippen LogP contribution in [0.2, 0.25) is 0 Å². The number of aromatic amines is 1. The largest absolute Gasteiger partial charge is 0.481 e. The van der Waals surface area contributed by atoms with E-state index in [4.69, 9.17) is 5.73 Å². The van der Waals surface area contributed by atoms with E-state index in [0.29, 0.717) is 54.4 Å². The monoisotopic (exact) mass is 454 g/mol. The van der Waals surface area contributed by atoms with E-state index in [1.165, 1.54) is 0 Å². The summed E-state index contributed by atoms with van der Waals surface area (Å²) in [4.78, 5) is 53.1. The normalized spacial score (nSPS) is 23.9. The molecule has 0 bridgehead atoms. The van der Waals surface area contributed by atoms with Crippen LogP contribution in [-0.4, -0.2) is 56.4 Å². The number of amides is 2. The molecule has 0 spiro atoms. The molecule has 1 aliphatic carbocycles. The second-order valence-corrected chi connectivity index (χ2v) is 8.53. The number of H-pyrrole nitrogens is 1. The lowest BCUT2D eigenvalue weighted by Crippen LogP contribution is -2.44. The van der Waals surface area contributed by atoms with Crippen LogP contribution in [0.5, 0.6) is 0 Å². The van der Waals surface area contributed by atoms with E-state index in [9.17, 15) is 29.4 Å². The standard InChI is InChI=1S/C23H26N4O6/c24-20(28)18-6-3-9-27(18)19(23(32)33)16-11-25-17-8-7-12(10-15(16)17)26-21(29)13-4-1-2-5-14(13)22(30)31/h1-2,7-8,10-11,13-14,18-19,25H,3-6,9H2,(H2,24,28)(H,26,29)(H,30,31)(H,32,33)/t13-,14+,18-,19+/m0/s1. The Hall–Kier alpha value is -3.66. The highest BCUT2D eigenvalue weighted by Crippen LogP contribution is 2.35. The number of carboxylic acids is 2. The van der Waals surface area contributed by atoms with Crippen LogP contribution in [0.3, 0.4) is 0 Å². The summed E-state index contributed by atoms with van der Waals surface area (Å²) in [6, 6.07) is 3.32. The third-order valence-corrected chi connectivity index (χ3v) is 6.55. The average Bonchev–Trinajstić information content (AvgIpc) is 3.42. The number of nitrogens with zero attached hydrogens (tertiary/aromatic N) is 1. The van der Waals surface area contributed by atoms with Gasteiger partial charge in [0.25, 0.3) is 0 Å². The molecule has 0 radical (unpaired) electrons. The van der Waals surface area contributed by atoms with Crippen molar-refractivity contribution in [1.29, 1.82) is 0 Å². The van der Waals surface area contributed by atoms with Crippen molar-refractivity contribution in [3.8, 4) is 0 Å². The molecular formula is C23H26N4O6. The number of fused-ring (bicyclic) bond motifs is 1. The molecule has 0 saturated carbocycles. The topological polar surface area (TPSA) is 166 Å². The van der Waals surface area contributed by atoms with Gasteiger partial charge in [0.05, 0.1) is 17.9 Å². The lowest BCUT2D eigenvalue weighted by molar-refractivity contribution is -0.146. The minimum absolute atomic E-state index is 0.297. The van der Waals surface area contributed by atoms with Crippen molar-refractivity contribution in [3.05, 3.63) is 42.1 Å². The molecule has 1 aromatic carbocycles. The predicted octanol–water partition coefficient (Wildman–Crippen LogP) is 1.85. The van der Waals surface area contributed by atoms with E-state index in [1.807, 2.05) is 0 Å². The zero-order valence-corrected chi connectivity index (χ0v) is 17.9. The summed E-state index contributed by atoms with van der Waals surface area (Å²) in [6.45, 7) is 0.430. The molecule has 10 heteroatoms. The third kappa shape index (κ3) is 4.34. The number of aromatic nitrogens is 1. The van der Waals surface area contributed by atoms with Gasteiger partial charge >= 0.3 is 11.9 Å². The van der Waals surface area contributed by atoms with Crippen LogP contribution < -0.4 is 11.1 Å². The molecule has 6 N–H and O–H groups in total. The molecular weight excluding hydrogens is 428 g/mol. The lowest BCUT2D eigenvalue weighted by Gasteiger charge is -2.28. The first-order chi connectivity index (χ1) is 15.8. The van der Waals surface area contributed by atoms with Crippen LogP contribution in [0.1, 0.15) is 37.3 Å². The zero-order valence-electron chi connectivity index (χ0n) is 17.9. The summed E-state index contributed by atoms with van der Waals surface area (Å²) >= 11 is 0. The highest BCUT2D eigenvalue weighted by molar-refractivity contribution is 5.98. The number of hydrogen-bond acceptors (Lipinski definition) is 5. The van der Waals surface area contributed by atoms with Gasteiger partial charge < -0.3 is 26.2 Å². The summed E-state index contributed by atoms with van der Waals surface area (Å²) in [5, 5.41) is 22.8. The first-order valence-corrected chi connectivity index (χ1v) is 10.9. The van der Waals surface area contributed by atoms with Crippen molar-refractivity contribution in [2.75, 3.05) is 11.9 Å². The SMILES string of the molecule is NC(=O)[C@@H]1CCCN1[C@@H](C(=O)O)c1c[nH]c2ccc(NC(=O)[C@H]3CC=CC[C@H]3C(=O)O)cc12. The van der Waals surface area contributed by atoms with Gasteiger partial charge in [-0.05, 0) is 43.9 Å². The smallest absolute Gasteiger partial charge is 0.325 e. The van der Waals surface area contributed by atoms with Crippen molar-refractivity contribution in [1.82, 2.24) is 9.88 Å². The van der Waals surface area contributed by atoms with Gasteiger partial charge in [-0.25, -0.2) is 0 Å². The second kappa shape index (κ2) is 9.07. The maximum atomic E-state index is 12.8. The zero-order chi connectivity index (χ0) is 23.7. The summed E-state index contributed by atoms with van der Waals surface area (Å²) < 4.78 is 0. The Morgan fingerprint density at radius 1 is 1.12 bits per heavy atom. The van der Waals surface area contributed by atoms with E-state index >= 15 is 0 Å². The van der Waals surface area contributed by atoms with Crippen LogP contribution >= 0.6 is 0 Å².